The average molecular weight is 174 g/mol. The van der Waals surface area contributed by atoms with E-state index >= 15 is 0 Å². The quantitative estimate of drug-likeness (QED) is 0.567. The number of carbonyl (C=O) groups excluding carboxylic acids is 1. The summed E-state index contributed by atoms with van der Waals surface area (Å²) in [7, 11) is 0. The second-order valence-electron chi connectivity index (χ2n) is 2.69. The van der Waals surface area contributed by atoms with E-state index in [-0.39, 0.29) is 18.7 Å². The molecule has 0 unspecified atom stereocenters. The Morgan fingerprint density at radius 2 is 2.17 bits per heavy atom. The molecule has 0 spiro atoms. The molecule has 0 rings (SSSR count). The molecule has 2 amide bonds. The van der Waals surface area contributed by atoms with Crippen LogP contribution in [0.4, 0.5) is 4.79 Å². The molecule has 0 aliphatic rings. The van der Waals surface area contributed by atoms with Crippen LogP contribution in [0.5, 0.6) is 0 Å². The maximum Gasteiger partial charge on any atom is 0.315 e. The summed E-state index contributed by atoms with van der Waals surface area (Å²) in [5, 5.41) is 14.1. The lowest BCUT2D eigenvalue weighted by Crippen LogP contribution is -2.43. The predicted molar refractivity (Wildman–Crippen MR) is 48.0 cm³/mol. The fourth-order valence-electron chi connectivity index (χ4n) is 0.752. The number of hydrogen-bond acceptors (Lipinski definition) is 2. The van der Waals surface area contributed by atoms with Crippen LogP contribution in [0.3, 0.4) is 0 Å². The Labute approximate surface area is 73.3 Å². The molecule has 3 N–H and O–H groups in total. The molecule has 0 fully saturated rings. The standard InChI is InChI=1S/C8H18N2O2/c1-3-5-9-8(12)10-7(4-2)6-11/h7,11H,3-6H2,1-2H3,(H2,9,10,12)/t7-/m1/s1. The highest BCUT2D eigenvalue weighted by Gasteiger charge is 2.06. The Morgan fingerprint density at radius 1 is 1.50 bits per heavy atom. The molecule has 0 aromatic rings. The van der Waals surface area contributed by atoms with Crippen molar-refractivity contribution in [2.75, 3.05) is 13.2 Å². The van der Waals surface area contributed by atoms with Gasteiger partial charge in [-0.2, -0.15) is 0 Å². The van der Waals surface area contributed by atoms with Gasteiger partial charge in [0.05, 0.1) is 12.6 Å². The molecule has 12 heavy (non-hydrogen) atoms. The third-order valence-corrected chi connectivity index (χ3v) is 1.58. The molecule has 0 bridgehead atoms. The highest BCUT2D eigenvalue weighted by molar-refractivity contribution is 5.74. The van der Waals surface area contributed by atoms with Crippen molar-refractivity contribution in [3.63, 3.8) is 0 Å². The summed E-state index contributed by atoms with van der Waals surface area (Å²) in [6.07, 6.45) is 1.67. The second kappa shape index (κ2) is 6.91. The molecule has 0 aromatic carbocycles. The number of carbonyl (C=O) groups is 1. The van der Waals surface area contributed by atoms with Crippen LogP contribution in [0, 0.1) is 0 Å². The van der Waals surface area contributed by atoms with Gasteiger partial charge < -0.3 is 15.7 Å². The van der Waals surface area contributed by atoms with Crippen LogP contribution in [0.1, 0.15) is 26.7 Å². The van der Waals surface area contributed by atoms with E-state index in [1.165, 1.54) is 0 Å². The molecule has 0 aromatic heterocycles. The number of amides is 2. The van der Waals surface area contributed by atoms with Gasteiger partial charge >= 0.3 is 6.03 Å². The third-order valence-electron chi connectivity index (χ3n) is 1.58. The lowest BCUT2D eigenvalue weighted by Gasteiger charge is -2.14. The minimum Gasteiger partial charge on any atom is -0.394 e. The number of urea groups is 1. The Balaban J connectivity index is 3.52. The van der Waals surface area contributed by atoms with E-state index in [4.69, 9.17) is 5.11 Å². The highest BCUT2D eigenvalue weighted by atomic mass is 16.3. The van der Waals surface area contributed by atoms with Crippen LogP contribution in [-0.2, 0) is 0 Å². The maximum atomic E-state index is 11.0. The van der Waals surface area contributed by atoms with E-state index in [1.807, 2.05) is 13.8 Å². The molecule has 72 valence electrons. The van der Waals surface area contributed by atoms with Crippen LogP contribution in [-0.4, -0.2) is 30.3 Å². The summed E-state index contributed by atoms with van der Waals surface area (Å²) in [5.74, 6) is 0. The first-order valence-corrected chi connectivity index (χ1v) is 4.39. The summed E-state index contributed by atoms with van der Waals surface area (Å²) in [6, 6.07) is -0.320. The molecule has 0 saturated carbocycles. The Hall–Kier alpha value is -0.770. The fraction of sp³-hybridized carbons (Fsp3) is 0.875. The normalized spacial score (nSPS) is 12.2. The predicted octanol–water partition coefficient (Wildman–Crippen LogP) is 0.466. The molecular weight excluding hydrogens is 156 g/mol. The van der Waals surface area contributed by atoms with E-state index < -0.39 is 0 Å². The Bertz CT molecular complexity index is 124. The minimum atomic E-state index is -0.197. The average Bonchev–Trinajstić information content (AvgIpc) is 2.10. The number of hydrogen-bond donors (Lipinski definition) is 3. The first kappa shape index (κ1) is 11.2. The van der Waals surface area contributed by atoms with Gasteiger partial charge in [0.1, 0.15) is 0 Å². The lowest BCUT2D eigenvalue weighted by atomic mass is 10.2. The molecule has 0 saturated heterocycles. The van der Waals surface area contributed by atoms with Crippen molar-refractivity contribution >= 4 is 6.03 Å². The van der Waals surface area contributed by atoms with Gasteiger partial charge in [0, 0.05) is 6.54 Å². The molecule has 0 aliphatic heterocycles. The number of rotatable bonds is 5. The molecule has 0 radical (unpaired) electrons. The van der Waals surface area contributed by atoms with Crippen molar-refractivity contribution in [1.29, 1.82) is 0 Å². The zero-order chi connectivity index (χ0) is 9.40. The van der Waals surface area contributed by atoms with Gasteiger partial charge in [-0.05, 0) is 12.8 Å². The topological polar surface area (TPSA) is 61.4 Å². The third kappa shape index (κ3) is 4.96. The second-order valence-corrected chi connectivity index (χ2v) is 2.69. The first-order chi connectivity index (χ1) is 5.74. The van der Waals surface area contributed by atoms with Gasteiger partial charge in [-0.25, -0.2) is 4.79 Å². The van der Waals surface area contributed by atoms with Crippen LogP contribution >= 0.6 is 0 Å². The largest absolute Gasteiger partial charge is 0.394 e. The zero-order valence-corrected chi connectivity index (χ0v) is 7.76. The molecule has 0 heterocycles. The zero-order valence-electron chi connectivity index (χ0n) is 7.76. The van der Waals surface area contributed by atoms with Crippen molar-refractivity contribution in [3.8, 4) is 0 Å². The van der Waals surface area contributed by atoms with E-state index in [9.17, 15) is 4.79 Å². The van der Waals surface area contributed by atoms with E-state index in [0.29, 0.717) is 6.54 Å². The van der Waals surface area contributed by atoms with Gasteiger partial charge in [0.25, 0.3) is 0 Å². The van der Waals surface area contributed by atoms with Crippen LogP contribution in [0.15, 0.2) is 0 Å². The molecule has 1 atom stereocenters. The van der Waals surface area contributed by atoms with Gasteiger partial charge in [-0.3, -0.25) is 0 Å². The van der Waals surface area contributed by atoms with Gasteiger partial charge in [0.2, 0.25) is 0 Å². The SMILES string of the molecule is CCCNC(=O)N[C@H](CC)CO. The van der Waals surface area contributed by atoms with E-state index in [1.54, 1.807) is 0 Å². The summed E-state index contributed by atoms with van der Waals surface area (Å²) in [5.41, 5.74) is 0. The number of aliphatic hydroxyl groups excluding tert-OH is 1. The van der Waals surface area contributed by atoms with Crippen molar-refractivity contribution in [3.05, 3.63) is 0 Å². The minimum absolute atomic E-state index is 0.00392. The van der Waals surface area contributed by atoms with Gasteiger partial charge in [-0.15, -0.1) is 0 Å². The Morgan fingerprint density at radius 3 is 2.58 bits per heavy atom. The summed E-state index contributed by atoms with van der Waals surface area (Å²) >= 11 is 0. The summed E-state index contributed by atoms with van der Waals surface area (Å²) < 4.78 is 0. The van der Waals surface area contributed by atoms with Crippen LogP contribution in [0.2, 0.25) is 0 Å². The Kier molecular flexibility index (Phi) is 6.47. The van der Waals surface area contributed by atoms with Gasteiger partial charge in [0.15, 0.2) is 0 Å². The molecular formula is C8H18N2O2. The lowest BCUT2D eigenvalue weighted by molar-refractivity contribution is 0.214. The van der Waals surface area contributed by atoms with Gasteiger partial charge in [-0.1, -0.05) is 13.8 Å². The maximum absolute atomic E-state index is 11.0. The van der Waals surface area contributed by atoms with Crippen molar-refractivity contribution in [2.24, 2.45) is 0 Å². The molecule has 4 nitrogen and oxygen atoms in total. The number of nitrogens with one attached hydrogen (secondary N) is 2. The number of aliphatic hydroxyl groups is 1. The molecule has 4 heteroatoms. The van der Waals surface area contributed by atoms with Crippen molar-refractivity contribution in [2.45, 2.75) is 32.7 Å². The van der Waals surface area contributed by atoms with Crippen LogP contribution < -0.4 is 10.6 Å². The van der Waals surface area contributed by atoms with Crippen molar-refractivity contribution in [1.82, 2.24) is 10.6 Å². The van der Waals surface area contributed by atoms with E-state index in [0.717, 1.165) is 12.8 Å². The summed E-state index contributed by atoms with van der Waals surface area (Å²) in [4.78, 5) is 11.0. The van der Waals surface area contributed by atoms with Crippen LogP contribution in [0.25, 0.3) is 0 Å². The fourth-order valence-corrected chi connectivity index (χ4v) is 0.752. The monoisotopic (exact) mass is 174 g/mol. The van der Waals surface area contributed by atoms with Crippen molar-refractivity contribution < 1.29 is 9.90 Å². The van der Waals surface area contributed by atoms with E-state index in [2.05, 4.69) is 10.6 Å². The smallest absolute Gasteiger partial charge is 0.315 e. The highest BCUT2D eigenvalue weighted by Crippen LogP contribution is 1.87. The molecule has 0 aliphatic carbocycles. The summed E-state index contributed by atoms with van der Waals surface area (Å²) in [6.45, 7) is 4.58. The first-order valence-electron chi connectivity index (χ1n) is 4.39.